The highest BCUT2D eigenvalue weighted by Crippen LogP contribution is 2.15. The normalized spacial score (nSPS) is 10.7. The molecule has 0 atom stereocenters. The first-order valence-electron chi connectivity index (χ1n) is 6.30. The number of para-hydroxylation sites is 2. The van der Waals surface area contributed by atoms with Crippen molar-refractivity contribution >= 4 is 17.1 Å². The molecule has 1 heterocycles. The Morgan fingerprint density at radius 2 is 2.05 bits per heavy atom. The van der Waals surface area contributed by atoms with Gasteiger partial charge < -0.3 is 9.15 Å². The summed E-state index contributed by atoms with van der Waals surface area (Å²) >= 11 is 0. The fourth-order valence-corrected chi connectivity index (χ4v) is 1.96. The fourth-order valence-electron chi connectivity index (χ4n) is 1.96. The van der Waals surface area contributed by atoms with Gasteiger partial charge in [-0.3, -0.25) is 0 Å². The Hall–Kier alpha value is -2.62. The Labute approximate surface area is 116 Å². The van der Waals surface area contributed by atoms with Crippen LogP contribution in [0.4, 0.5) is 0 Å². The predicted octanol–water partition coefficient (Wildman–Crippen LogP) is 3.49. The zero-order chi connectivity index (χ0) is 13.9. The van der Waals surface area contributed by atoms with Gasteiger partial charge in [-0.15, -0.1) is 0 Å². The van der Waals surface area contributed by atoms with E-state index in [0.717, 1.165) is 11.1 Å². The smallest absolute Gasteiger partial charge is 0.338 e. The third-order valence-electron chi connectivity index (χ3n) is 2.92. The second-order valence-corrected chi connectivity index (χ2v) is 4.52. The van der Waals surface area contributed by atoms with Crippen LogP contribution in [0.3, 0.4) is 0 Å². The van der Waals surface area contributed by atoms with Crippen LogP contribution in [0.1, 0.15) is 21.8 Å². The van der Waals surface area contributed by atoms with Crippen molar-refractivity contribution in [2.75, 3.05) is 0 Å². The molecule has 0 radical (unpaired) electrons. The number of hydrogen-bond acceptors (Lipinski definition) is 4. The number of nitrogens with zero attached hydrogens (tertiary/aromatic N) is 1. The van der Waals surface area contributed by atoms with Crippen molar-refractivity contribution in [2.24, 2.45) is 0 Å². The Morgan fingerprint density at radius 3 is 2.85 bits per heavy atom. The maximum Gasteiger partial charge on any atom is 0.338 e. The molecule has 20 heavy (non-hydrogen) atoms. The van der Waals surface area contributed by atoms with Gasteiger partial charge in [-0.1, -0.05) is 29.8 Å². The van der Waals surface area contributed by atoms with Crippen molar-refractivity contribution in [2.45, 2.75) is 13.5 Å². The number of aromatic nitrogens is 1. The third-order valence-corrected chi connectivity index (χ3v) is 2.92. The van der Waals surface area contributed by atoms with Crippen LogP contribution in [-0.2, 0) is 11.3 Å². The minimum Gasteiger partial charge on any atom is -0.452 e. The minimum atomic E-state index is -0.379. The molecule has 3 aromatic rings. The van der Waals surface area contributed by atoms with Crippen LogP contribution in [0, 0.1) is 6.92 Å². The van der Waals surface area contributed by atoms with Gasteiger partial charge in [0.05, 0.1) is 5.56 Å². The summed E-state index contributed by atoms with van der Waals surface area (Å²) in [6.45, 7) is 1.96. The molecular weight excluding hydrogens is 254 g/mol. The van der Waals surface area contributed by atoms with Crippen molar-refractivity contribution in [3.8, 4) is 0 Å². The van der Waals surface area contributed by atoms with E-state index in [9.17, 15) is 4.79 Å². The lowest BCUT2D eigenvalue weighted by Crippen LogP contribution is -2.05. The topological polar surface area (TPSA) is 52.3 Å². The molecule has 0 bridgehead atoms. The molecule has 0 aliphatic rings. The molecule has 0 amide bonds. The summed E-state index contributed by atoms with van der Waals surface area (Å²) in [5.41, 5.74) is 2.99. The largest absolute Gasteiger partial charge is 0.452 e. The summed E-state index contributed by atoms with van der Waals surface area (Å²) in [5, 5.41) is 0. The first kappa shape index (κ1) is 12.4. The lowest BCUT2D eigenvalue weighted by Gasteiger charge is -2.02. The Bertz CT molecular complexity index is 728. The SMILES string of the molecule is Cc1cccc(C(=O)OCc2nc3ccccc3o2)c1. The number of rotatable bonds is 3. The molecule has 4 heteroatoms. The summed E-state index contributed by atoms with van der Waals surface area (Å²) in [6, 6.07) is 14.7. The number of benzene rings is 2. The van der Waals surface area contributed by atoms with Crippen LogP contribution >= 0.6 is 0 Å². The number of fused-ring (bicyclic) bond motifs is 1. The Balaban J connectivity index is 1.71. The van der Waals surface area contributed by atoms with Crippen molar-refractivity contribution < 1.29 is 13.9 Å². The van der Waals surface area contributed by atoms with E-state index in [4.69, 9.17) is 9.15 Å². The van der Waals surface area contributed by atoms with Crippen LogP contribution < -0.4 is 0 Å². The van der Waals surface area contributed by atoms with E-state index in [-0.39, 0.29) is 12.6 Å². The number of ether oxygens (including phenoxy) is 1. The molecule has 2 aromatic carbocycles. The van der Waals surface area contributed by atoms with Crippen molar-refractivity contribution in [1.82, 2.24) is 4.98 Å². The van der Waals surface area contributed by atoms with E-state index in [1.807, 2.05) is 43.3 Å². The zero-order valence-corrected chi connectivity index (χ0v) is 11.0. The fraction of sp³-hybridized carbons (Fsp3) is 0.125. The average molecular weight is 267 g/mol. The number of carbonyl (C=O) groups is 1. The lowest BCUT2D eigenvalue weighted by molar-refractivity contribution is 0.0440. The van der Waals surface area contributed by atoms with Gasteiger partial charge in [-0.2, -0.15) is 0 Å². The molecule has 0 fully saturated rings. The molecule has 0 saturated carbocycles. The minimum absolute atomic E-state index is 0.0292. The first-order chi connectivity index (χ1) is 9.72. The van der Waals surface area contributed by atoms with Gasteiger partial charge in [0.1, 0.15) is 5.52 Å². The van der Waals surface area contributed by atoms with Crippen molar-refractivity contribution in [3.63, 3.8) is 0 Å². The number of oxazole rings is 1. The van der Waals surface area contributed by atoms with E-state index in [1.54, 1.807) is 12.1 Å². The van der Waals surface area contributed by atoms with Gasteiger partial charge >= 0.3 is 5.97 Å². The van der Waals surface area contributed by atoms with Crippen LogP contribution in [0.5, 0.6) is 0 Å². The van der Waals surface area contributed by atoms with Gasteiger partial charge in [0, 0.05) is 0 Å². The van der Waals surface area contributed by atoms with Gasteiger partial charge in [0.25, 0.3) is 0 Å². The van der Waals surface area contributed by atoms with E-state index in [2.05, 4.69) is 4.98 Å². The van der Waals surface area contributed by atoms with Crippen LogP contribution in [-0.4, -0.2) is 11.0 Å². The summed E-state index contributed by atoms with van der Waals surface area (Å²) in [5.74, 6) is 0.0168. The molecular formula is C16H13NO3. The number of esters is 1. The summed E-state index contributed by atoms with van der Waals surface area (Å²) in [7, 11) is 0. The van der Waals surface area contributed by atoms with E-state index < -0.39 is 0 Å². The predicted molar refractivity (Wildman–Crippen MR) is 74.3 cm³/mol. The Kier molecular flexibility index (Phi) is 3.21. The van der Waals surface area contributed by atoms with Crippen molar-refractivity contribution in [3.05, 3.63) is 65.5 Å². The zero-order valence-electron chi connectivity index (χ0n) is 11.0. The third kappa shape index (κ3) is 2.54. The summed E-state index contributed by atoms with van der Waals surface area (Å²) in [6.07, 6.45) is 0. The maximum absolute atomic E-state index is 11.9. The van der Waals surface area contributed by atoms with Crippen LogP contribution in [0.15, 0.2) is 52.9 Å². The maximum atomic E-state index is 11.9. The number of hydrogen-bond donors (Lipinski definition) is 0. The van der Waals surface area contributed by atoms with Gasteiger partial charge in [-0.25, -0.2) is 9.78 Å². The number of aryl methyl sites for hydroxylation is 1. The summed E-state index contributed by atoms with van der Waals surface area (Å²) in [4.78, 5) is 16.1. The standard InChI is InChI=1S/C16H13NO3/c1-11-5-4-6-12(9-11)16(18)19-10-15-17-13-7-2-3-8-14(13)20-15/h2-9H,10H2,1H3. The van der Waals surface area contributed by atoms with Crippen LogP contribution in [0.2, 0.25) is 0 Å². The average Bonchev–Trinajstić information content (AvgIpc) is 2.87. The highest BCUT2D eigenvalue weighted by atomic mass is 16.5. The van der Waals surface area contributed by atoms with E-state index >= 15 is 0 Å². The Morgan fingerprint density at radius 1 is 1.20 bits per heavy atom. The van der Waals surface area contributed by atoms with Crippen LogP contribution in [0.25, 0.3) is 11.1 Å². The molecule has 0 aliphatic carbocycles. The van der Waals surface area contributed by atoms with Gasteiger partial charge in [0.15, 0.2) is 12.2 Å². The first-order valence-corrected chi connectivity index (χ1v) is 6.30. The molecule has 0 N–H and O–H groups in total. The molecule has 0 aliphatic heterocycles. The molecule has 0 unspecified atom stereocenters. The van der Waals surface area contributed by atoms with E-state index in [0.29, 0.717) is 17.0 Å². The highest BCUT2D eigenvalue weighted by molar-refractivity contribution is 5.89. The second-order valence-electron chi connectivity index (χ2n) is 4.52. The van der Waals surface area contributed by atoms with Crippen molar-refractivity contribution in [1.29, 1.82) is 0 Å². The monoisotopic (exact) mass is 267 g/mol. The quantitative estimate of drug-likeness (QED) is 0.681. The number of carbonyl (C=O) groups excluding carboxylic acids is 1. The molecule has 100 valence electrons. The molecule has 3 rings (SSSR count). The molecule has 1 aromatic heterocycles. The second kappa shape index (κ2) is 5.17. The van der Waals surface area contributed by atoms with Gasteiger partial charge in [0.2, 0.25) is 5.89 Å². The molecule has 0 spiro atoms. The molecule has 4 nitrogen and oxygen atoms in total. The lowest BCUT2D eigenvalue weighted by atomic mass is 10.1. The highest BCUT2D eigenvalue weighted by Gasteiger charge is 2.10. The van der Waals surface area contributed by atoms with E-state index in [1.165, 1.54) is 0 Å². The summed E-state index contributed by atoms with van der Waals surface area (Å²) < 4.78 is 10.7. The molecule has 0 saturated heterocycles. The van der Waals surface area contributed by atoms with Gasteiger partial charge in [-0.05, 0) is 31.2 Å².